The van der Waals surface area contributed by atoms with Gasteiger partial charge in [0.15, 0.2) is 0 Å². The van der Waals surface area contributed by atoms with Crippen molar-refractivity contribution in [2.45, 2.75) is 38.3 Å². The topological polar surface area (TPSA) is 50.9 Å². The summed E-state index contributed by atoms with van der Waals surface area (Å²) in [6, 6.07) is 3.04. The van der Waals surface area contributed by atoms with Gasteiger partial charge in [0.25, 0.3) is 0 Å². The minimum atomic E-state index is 0.380. The van der Waals surface area contributed by atoms with Gasteiger partial charge in [-0.2, -0.15) is 0 Å². The van der Waals surface area contributed by atoms with Crippen LogP contribution in [0.2, 0.25) is 0 Å². The van der Waals surface area contributed by atoms with Gasteiger partial charge in [-0.25, -0.2) is 0 Å². The Hall–Kier alpha value is -1.09. The predicted molar refractivity (Wildman–Crippen MR) is 58.2 cm³/mol. The zero-order valence-corrected chi connectivity index (χ0v) is 8.53. The second-order valence-corrected chi connectivity index (χ2v) is 4.17. The minimum absolute atomic E-state index is 0.380. The number of anilines is 1. The molecule has 0 radical (unpaired) electrons. The van der Waals surface area contributed by atoms with Crippen molar-refractivity contribution in [1.29, 1.82) is 0 Å². The summed E-state index contributed by atoms with van der Waals surface area (Å²) < 4.78 is 0. The fraction of sp³-hybridized carbons (Fsp3) is 0.545. The normalized spacial score (nSPS) is 26.4. The number of hydrogen-bond donors (Lipinski definition) is 2. The van der Waals surface area contributed by atoms with E-state index >= 15 is 0 Å². The molecule has 0 saturated heterocycles. The van der Waals surface area contributed by atoms with Gasteiger partial charge < -0.3 is 11.1 Å². The molecule has 76 valence electrons. The minimum Gasteiger partial charge on any atom is -0.381 e. The van der Waals surface area contributed by atoms with Gasteiger partial charge in [-0.05, 0) is 37.8 Å². The Morgan fingerprint density at radius 1 is 1.43 bits per heavy atom. The number of aryl methyl sites for hydroxylation is 1. The molecule has 0 aliphatic heterocycles. The Balaban J connectivity index is 1.97. The van der Waals surface area contributed by atoms with Crippen LogP contribution in [0.25, 0.3) is 0 Å². The molecule has 0 bridgehead atoms. The number of nitrogens with one attached hydrogen (secondary N) is 1. The highest BCUT2D eigenvalue weighted by Gasteiger charge is 2.21. The lowest BCUT2D eigenvalue weighted by atomic mass is 10.2. The van der Waals surface area contributed by atoms with Gasteiger partial charge in [0.2, 0.25) is 0 Å². The Morgan fingerprint density at radius 2 is 2.29 bits per heavy atom. The molecule has 14 heavy (non-hydrogen) atoms. The van der Waals surface area contributed by atoms with Gasteiger partial charge in [-0.15, -0.1) is 0 Å². The van der Waals surface area contributed by atoms with Crippen LogP contribution in [0.5, 0.6) is 0 Å². The van der Waals surface area contributed by atoms with E-state index in [0.717, 1.165) is 18.5 Å². The maximum absolute atomic E-state index is 5.85. The summed E-state index contributed by atoms with van der Waals surface area (Å²) in [5, 5.41) is 3.47. The summed E-state index contributed by atoms with van der Waals surface area (Å²) in [7, 11) is 0. The SMILES string of the molecule is Cc1cncc(NC2CCC(N)C2)c1. The van der Waals surface area contributed by atoms with Crippen LogP contribution in [-0.4, -0.2) is 17.1 Å². The predicted octanol–water partition coefficient (Wildman–Crippen LogP) is 1.68. The van der Waals surface area contributed by atoms with Crippen LogP contribution in [0.1, 0.15) is 24.8 Å². The average Bonchev–Trinajstić information content (AvgIpc) is 2.51. The first-order chi connectivity index (χ1) is 6.74. The van der Waals surface area contributed by atoms with Gasteiger partial charge >= 0.3 is 0 Å². The molecule has 0 aromatic carbocycles. The van der Waals surface area contributed by atoms with Crippen LogP contribution in [0.3, 0.4) is 0 Å². The molecular weight excluding hydrogens is 174 g/mol. The van der Waals surface area contributed by atoms with Crippen molar-refractivity contribution in [3.8, 4) is 0 Å². The molecule has 0 spiro atoms. The highest BCUT2D eigenvalue weighted by atomic mass is 14.9. The lowest BCUT2D eigenvalue weighted by molar-refractivity contribution is 0.687. The van der Waals surface area contributed by atoms with E-state index < -0.39 is 0 Å². The molecule has 1 heterocycles. The fourth-order valence-corrected chi connectivity index (χ4v) is 2.02. The summed E-state index contributed by atoms with van der Waals surface area (Å²) in [4.78, 5) is 4.15. The van der Waals surface area contributed by atoms with Crippen LogP contribution in [0.15, 0.2) is 18.5 Å². The zero-order chi connectivity index (χ0) is 9.97. The summed E-state index contributed by atoms with van der Waals surface area (Å²) in [6.07, 6.45) is 7.13. The van der Waals surface area contributed by atoms with Crippen molar-refractivity contribution in [2.24, 2.45) is 5.73 Å². The standard InChI is InChI=1S/C11H17N3/c1-8-4-11(7-13-6-8)14-10-3-2-9(12)5-10/h4,6-7,9-10,14H,2-3,5,12H2,1H3. The zero-order valence-electron chi connectivity index (χ0n) is 8.53. The first-order valence-corrected chi connectivity index (χ1v) is 5.18. The highest BCUT2D eigenvalue weighted by molar-refractivity contribution is 5.43. The summed E-state index contributed by atoms with van der Waals surface area (Å²) >= 11 is 0. The molecule has 2 rings (SSSR count). The molecule has 3 heteroatoms. The molecule has 3 nitrogen and oxygen atoms in total. The van der Waals surface area contributed by atoms with E-state index in [1.165, 1.54) is 12.0 Å². The quantitative estimate of drug-likeness (QED) is 0.747. The lowest BCUT2D eigenvalue weighted by Crippen LogP contribution is -2.20. The maximum atomic E-state index is 5.85. The Bertz CT molecular complexity index is 311. The molecule has 1 aliphatic rings. The van der Waals surface area contributed by atoms with Gasteiger partial charge in [-0.3, -0.25) is 4.98 Å². The first kappa shape index (κ1) is 9.46. The second-order valence-electron chi connectivity index (χ2n) is 4.17. The number of hydrogen-bond acceptors (Lipinski definition) is 3. The maximum Gasteiger partial charge on any atom is 0.0531 e. The summed E-state index contributed by atoms with van der Waals surface area (Å²) in [5.74, 6) is 0. The van der Waals surface area contributed by atoms with Crippen molar-refractivity contribution in [3.63, 3.8) is 0 Å². The Labute approximate surface area is 84.7 Å². The Morgan fingerprint density at radius 3 is 2.93 bits per heavy atom. The van der Waals surface area contributed by atoms with E-state index in [-0.39, 0.29) is 0 Å². The lowest BCUT2D eigenvalue weighted by Gasteiger charge is -2.13. The van der Waals surface area contributed by atoms with E-state index in [2.05, 4.69) is 23.3 Å². The summed E-state index contributed by atoms with van der Waals surface area (Å²) in [6.45, 7) is 2.05. The number of rotatable bonds is 2. The van der Waals surface area contributed by atoms with Gasteiger partial charge in [0.05, 0.1) is 5.69 Å². The smallest absolute Gasteiger partial charge is 0.0531 e. The number of pyridine rings is 1. The van der Waals surface area contributed by atoms with Crippen molar-refractivity contribution in [1.82, 2.24) is 4.98 Å². The summed E-state index contributed by atoms with van der Waals surface area (Å²) in [5.41, 5.74) is 8.16. The molecule has 1 aromatic rings. The number of nitrogens with zero attached hydrogens (tertiary/aromatic N) is 1. The monoisotopic (exact) mass is 191 g/mol. The van der Waals surface area contributed by atoms with Gasteiger partial charge in [0, 0.05) is 24.5 Å². The molecule has 1 saturated carbocycles. The third kappa shape index (κ3) is 2.23. The highest BCUT2D eigenvalue weighted by Crippen LogP contribution is 2.21. The molecule has 2 atom stereocenters. The molecule has 1 aliphatic carbocycles. The second kappa shape index (κ2) is 3.96. The van der Waals surface area contributed by atoms with Gasteiger partial charge in [-0.1, -0.05) is 0 Å². The molecule has 3 N–H and O–H groups in total. The largest absolute Gasteiger partial charge is 0.381 e. The van der Waals surface area contributed by atoms with Crippen LogP contribution in [0, 0.1) is 6.92 Å². The molecular formula is C11H17N3. The number of aromatic nitrogens is 1. The van der Waals surface area contributed by atoms with Crippen molar-refractivity contribution in [2.75, 3.05) is 5.32 Å². The van der Waals surface area contributed by atoms with Crippen molar-refractivity contribution in [3.05, 3.63) is 24.0 Å². The van der Waals surface area contributed by atoms with Crippen LogP contribution < -0.4 is 11.1 Å². The van der Waals surface area contributed by atoms with E-state index in [0.29, 0.717) is 12.1 Å². The number of nitrogens with two attached hydrogens (primary N) is 1. The van der Waals surface area contributed by atoms with Crippen LogP contribution in [0.4, 0.5) is 5.69 Å². The average molecular weight is 191 g/mol. The first-order valence-electron chi connectivity index (χ1n) is 5.18. The fourth-order valence-electron chi connectivity index (χ4n) is 2.02. The third-order valence-electron chi connectivity index (χ3n) is 2.72. The Kier molecular flexibility index (Phi) is 2.68. The molecule has 0 amide bonds. The van der Waals surface area contributed by atoms with Crippen molar-refractivity contribution >= 4 is 5.69 Å². The molecule has 2 unspecified atom stereocenters. The van der Waals surface area contributed by atoms with Crippen molar-refractivity contribution < 1.29 is 0 Å². The molecule has 1 aromatic heterocycles. The third-order valence-corrected chi connectivity index (χ3v) is 2.72. The molecule has 1 fully saturated rings. The van der Waals surface area contributed by atoms with Crippen LogP contribution >= 0.6 is 0 Å². The van der Waals surface area contributed by atoms with E-state index in [1.807, 2.05) is 12.4 Å². The van der Waals surface area contributed by atoms with Gasteiger partial charge in [0.1, 0.15) is 0 Å². The van der Waals surface area contributed by atoms with E-state index in [1.54, 1.807) is 0 Å². The van der Waals surface area contributed by atoms with E-state index in [4.69, 9.17) is 5.73 Å². The van der Waals surface area contributed by atoms with Crippen LogP contribution in [-0.2, 0) is 0 Å². The van der Waals surface area contributed by atoms with E-state index in [9.17, 15) is 0 Å².